The highest BCUT2D eigenvalue weighted by atomic mass is 35.5. The van der Waals surface area contributed by atoms with Crippen molar-refractivity contribution in [1.29, 1.82) is 0 Å². The number of rotatable bonds is 7. The number of hydrogen-bond donors (Lipinski definition) is 3. The number of fused-ring (bicyclic) bond motifs is 1. The minimum atomic E-state index is -0.524. The Bertz CT molecular complexity index is 1160. The third-order valence-corrected chi connectivity index (χ3v) is 6.80. The van der Waals surface area contributed by atoms with Crippen LogP contribution in [-0.4, -0.2) is 59.8 Å². The standard InChI is InChI=1S/C24H30ClN7O4/c1-4-17-23(35)31(2)18-13-26-24(28-21(18)32(17)15-7-5-6-8-15)27-16-10-9-14(11-19(16)36-3)22(34)30-29-20(33)12-25/h9-11,13,15,17H,4-8,12H2,1-3H3,(H,29,33)(H,30,34)(H,26,27,28)/t17-/m1/s1. The van der Waals surface area contributed by atoms with Gasteiger partial charge in [0, 0.05) is 18.7 Å². The van der Waals surface area contributed by atoms with E-state index in [0.29, 0.717) is 29.5 Å². The van der Waals surface area contributed by atoms with Crippen LogP contribution in [0.2, 0.25) is 0 Å². The second kappa shape index (κ2) is 11.0. The van der Waals surface area contributed by atoms with E-state index < -0.39 is 11.8 Å². The first-order chi connectivity index (χ1) is 17.4. The normalized spacial score (nSPS) is 17.6. The summed E-state index contributed by atoms with van der Waals surface area (Å²) in [7, 11) is 3.24. The molecule has 1 aromatic heterocycles. The second-order valence-electron chi connectivity index (χ2n) is 8.75. The molecule has 1 saturated carbocycles. The molecule has 1 aromatic carbocycles. The van der Waals surface area contributed by atoms with Crippen LogP contribution in [-0.2, 0) is 9.59 Å². The summed E-state index contributed by atoms with van der Waals surface area (Å²) in [6, 6.07) is 4.78. The zero-order valence-electron chi connectivity index (χ0n) is 20.5. The fraction of sp³-hybridized carbons (Fsp3) is 0.458. The van der Waals surface area contributed by atoms with Crippen molar-refractivity contribution in [2.75, 3.05) is 35.2 Å². The monoisotopic (exact) mass is 515 g/mol. The number of aromatic nitrogens is 2. The summed E-state index contributed by atoms with van der Waals surface area (Å²) in [5, 5.41) is 3.17. The lowest BCUT2D eigenvalue weighted by Crippen LogP contribution is -2.55. The Kier molecular flexibility index (Phi) is 7.78. The molecule has 4 rings (SSSR count). The number of hydrazine groups is 1. The largest absolute Gasteiger partial charge is 0.495 e. The number of anilines is 4. The predicted octanol–water partition coefficient (Wildman–Crippen LogP) is 2.73. The van der Waals surface area contributed by atoms with Gasteiger partial charge in [0.25, 0.3) is 11.8 Å². The van der Waals surface area contributed by atoms with Gasteiger partial charge in [0.2, 0.25) is 11.9 Å². The van der Waals surface area contributed by atoms with Gasteiger partial charge in [-0.25, -0.2) is 4.98 Å². The smallest absolute Gasteiger partial charge is 0.269 e. The van der Waals surface area contributed by atoms with Crippen molar-refractivity contribution in [2.24, 2.45) is 0 Å². The highest BCUT2D eigenvalue weighted by Gasteiger charge is 2.41. The van der Waals surface area contributed by atoms with Crippen LogP contribution in [0.3, 0.4) is 0 Å². The fourth-order valence-electron chi connectivity index (χ4n) is 4.73. The van der Waals surface area contributed by atoms with Crippen molar-refractivity contribution in [2.45, 2.75) is 51.1 Å². The summed E-state index contributed by atoms with van der Waals surface area (Å²) in [5.74, 6) is 0.211. The van der Waals surface area contributed by atoms with Crippen LogP contribution in [0, 0.1) is 0 Å². The Hall–Kier alpha value is -3.60. The Morgan fingerprint density at radius 3 is 2.64 bits per heavy atom. The van der Waals surface area contributed by atoms with Crippen molar-refractivity contribution >= 4 is 52.5 Å². The Morgan fingerprint density at radius 1 is 1.22 bits per heavy atom. The fourth-order valence-corrected chi connectivity index (χ4v) is 4.80. The lowest BCUT2D eigenvalue weighted by atomic mass is 10.0. The number of nitrogens with zero attached hydrogens (tertiary/aromatic N) is 4. The van der Waals surface area contributed by atoms with Gasteiger partial charge in [0.15, 0.2) is 5.82 Å². The molecule has 1 aliphatic heterocycles. The molecule has 1 fully saturated rings. The van der Waals surface area contributed by atoms with Gasteiger partial charge in [0.1, 0.15) is 23.4 Å². The van der Waals surface area contributed by atoms with Gasteiger partial charge in [-0.3, -0.25) is 25.2 Å². The van der Waals surface area contributed by atoms with Gasteiger partial charge in [-0.2, -0.15) is 4.98 Å². The minimum Gasteiger partial charge on any atom is -0.495 e. The molecule has 0 unspecified atom stereocenters. The number of carbonyl (C=O) groups excluding carboxylic acids is 3. The molecule has 0 spiro atoms. The van der Waals surface area contributed by atoms with Crippen LogP contribution in [0.5, 0.6) is 5.75 Å². The van der Waals surface area contributed by atoms with Crippen molar-refractivity contribution in [1.82, 2.24) is 20.8 Å². The molecule has 3 amide bonds. The molecule has 11 nitrogen and oxygen atoms in total. The maximum atomic E-state index is 13.1. The summed E-state index contributed by atoms with van der Waals surface area (Å²) in [4.78, 5) is 49.8. The van der Waals surface area contributed by atoms with Crippen LogP contribution in [0.4, 0.5) is 23.1 Å². The molecular weight excluding hydrogens is 486 g/mol. The molecule has 12 heteroatoms. The summed E-state index contributed by atoms with van der Waals surface area (Å²) < 4.78 is 5.47. The Labute approximate surface area is 214 Å². The maximum Gasteiger partial charge on any atom is 0.269 e. The third-order valence-electron chi connectivity index (χ3n) is 6.56. The number of likely N-dealkylation sites (N-methyl/N-ethyl adjacent to an activating group) is 1. The summed E-state index contributed by atoms with van der Waals surface area (Å²) in [6.07, 6.45) is 6.68. The molecule has 0 bridgehead atoms. The van der Waals surface area contributed by atoms with Crippen LogP contribution >= 0.6 is 11.6 Å². The van der Waals surface area contributed by atoms with E-state index in [2.05, 4.69) is 26.1 Å². The second-order valence-corrected chi connectivity index (χ2v) is 9.01. The first-order valence-corrected chi connectivity index (χ1v) is 12.4. The molecule has 2 aromatic rings. The van der Waals surface area contributed by atoms with E-state index >= 15 is 0 Å². The number of hydrogen-bond acceptors (Lipinski definition) is 8. The first kappa shape index (κ1) is 25.5. The van der Waals surface area contributed by atoms with Crippen molar-refractivity contribution in [3.63, 3.8) is 0 Å². The van der Waals surface area contributed by atoms with Crippen LogP contribution < -0.4 is 30.7 Å². The lowest BCUT2D eigenvalue weighted by molar-refractivity contribution is -0.120. The van der Waals surface area contributed by atoms with Crippen molar-refractivity contribution in [3.8, 4) is 5.75 Å². The number of halogens is 1. The highest BCUT2D eigenvalue weighted by molar-refractivity contribution is 6.27. The van der Waals surface area contributed by atoms with E-state index in [9.17, 15) is 14.4 Å². The van der Waals surface area contributed by atoms with E-state index in [1.165, 1.54) is 13.2 Å². The number of alkyl halides is 1. The molecular formula is C24H30ClN7O4. The lowest BCUT2D eigenvalue weighted by Gasteiger charge is -2.43. The number of benzene rings is 1. The van der Waals surface area contributed by atoms with E-state index in [1.807, 2.05) is 6.92 Å². The van der Waals surface area contributed by atoms with Crippen LogP contribution in [0.25, 0.3) is 0 Å². The molecule has 3 N–H and O–H groups in total. The zero-order chi connectivity index (χ0) is 25.8. The van der Waals surface area contributed by atoms with E-state index in [0.717, 1.165) is 31.5 Å². The molecule has 0 saturated heterocycles. The van der Waals surface area contributed by atoms with Crippen molar-refractivity contribution in [3.05, 3.63) is 30.0 Å². The predicted molar refractivity (Wildman–Crippen MR) is 137 cm³/mol. The van der Waals surface area contributed by atoms with Gasteiger partial charge >= 0.3 is 0 Å². The van der Waals surface area contributed by atoms with Gasteiger partial charge in [-0.05, 0) is 37.5 Å². The summed E-state index contributed by atoms with van der Waals surface area (Å²) in [5.41, 5.74) is 6.02. The first-order valence-electron chi connectivity index (χ1n) is 11.9. The quantitative estimate of drug-likeness (QED) is 0.379. The van der Waals surface area contributed by atoms with Gasteiger partial charge in [0.05, 0.1) is 19.0 Å². The maximum absolute atomic E-state index is 13.1. The van der Waals surface area contributed by atoms with Crippen LogP contribution in [0.15, 0.2) is 24.4 Å². The molecule has 0 radical (unpaired) electrons. The van der Waals surface area contributed by atoms with Gasteiger partial charge in [-0.1, -0.05) is 19.8 Å². The number of nitrogens with one attached hydrogen (secondary N) is 3. The Morgan fingerprint density at radius 2 is 1.97 bits per heavy atom. The van der Waals surface area contributed by atoms with Crippen molar-refractivity contribution < 1.29 is 19.1 Å². The summed E-state index contributed by atoms with van der Waals surface area (Å²) in [6.45, 7) is 2.02. The number of ether oxygens (including phenoxy) is 1. The zero-order valence-corrected chi connectivity index (χ0v) is 21.3. The van der Waals surface area contributed by atoms with Crippen LogP contribution in [0.1, 0.15) is 49.4 Å². The molecule has 192 valence electrons. The van der Waals surface area contributed by atoms with E-state index in [-0.39, 0.29) is 29.4 Å². The number of amides is 3. The third kappa shape index (κ3) is 5.01. The van der Waals surface area contributed by atoms with Gasteiger partial charge < -0.3 is 19.9 Å². The molecule has 2 heterocycles. The van der Waals surface area contributed by atoms with Gasteiger partial charge in [-0.15, -0.1) is 11.6 Å². The molecule has 1 aliphatic carbocycles. The molecule has 1 atom stereocenters. The number of carbonyl (C=O) groups is 3. The van der Waals surface area contributed by atoms with E-state index in [4.69, 9.17) is 21.3 Å². The minimum absolute atomic E-state index is 0.0546. The summed E-state index contributed by atoms with van der Waals surface area (Å²) >= 11 is 5.42. The number of methoxy groups -OCH3 is 1. The molecule has 36 heavy (non-hydrogen) atoms. The Balaban J connectivity index is 1.61. The average molecular weight is 516 g/mol. The SMILES string of the molecule is CC[C@@H]1C(=O)N(C)c2cnc(Nc3ccc(C(=O)NNC(=O)CCl)cc3OC)nc2N1C1CCCC1. The highest BCUT2D eigenvalue weighted by Crippen LogP contribution is 2.40. The topological polar surface area (TPSA) is 129 Å². The average Bonchev–Trinajstić information content (AvgIpc) is 3.43. The van der Waals surface area contributed by atoms with E-state index in [1.54, 1.807) is 30.3 Å². The molecule has 2 aliphatic rings.